The highest BCUT2D eigenvalue weighted by atomic mass is 32.2. The van der Waals surface area contributed by atoms with Crippen molar-refractivity contribution in [2.75, 3.05) is 7.11 Å². The molecule has 0 aliphatic carbocycles. The van der Waals surface area contributed by atoms with Gasteiger partial charge >= 0.3 is 0 Å². The van der Waals surface area contributed by atoms with Crippen molar-refractivity contribution in [1.29, 1.82) is 0 Å². The Kier molecular flexibility index (Phi) is 5.62. The van der Waals surface area contributed by atoms with Crippen LogP contribution in [0.15, 0.2) is 47.5 Å². The van der Waals surface area contributed by atoms with Crippen LogP contribution in [-0.2, 0) is 16.6 Å². The van der Waals surface area contributed by atoms with Gasteiger partial charge in [0.1, 0.15) is 5.75 Å². The lowest BCUT2D eigenvalue weighted by atomic mass is 10.3. The fourth-order valence-electron chi connectivity index (χ4n) is 2.76. The van der Waals surface area contributed by atoms with Crippen molar-refractivity contribution in [3.8, 4) is 11.6 Å². The summed E-state index contributed by atoms with van der Waals surface area (Å²) in [7, 11) is -2.78. The maximum atomic E-state index is 12.6. The Hall–Kier alpha value is -3.31. The SMILES string of the molecule is COc1ccc(S(=O)(=O)NCc2ccc(-n3nc(C)cc3C)nc2)c([N+](=O)[O-])c1. The van der Waals surface area contributed by atoms with Crippen LogP contribution in [0.25, 0.3) is 5.82 Å². The number of aryl methyl sites for hydroxylation is 2. The Labute approximate surface area is 167 Å². The van der Waals surface area contributed by atoms with Crippen molar-refractivity contribution < 1.29 is 18.1 Å². The van der Waals surface area contributed by atoms with E-state index in [2.05, 4.69) is 14.8 Å². The van der Waals surface area contributed by atoms with Crippen molar-refractivity contribution in [2.45, 2.75) is 25.3 Å². The van der Waals surface area contributed by atoms with Gasteiger partial charge in [-0.15, -0.1) is 0 Å². The third-order valence-corrected chi connectivity index (χ3v) is 5.60. The normalized spacial score (nSPS) is 11.4. The maximum absolute atomic E-state index is 12.6. The predicted octanol–water partition coefficient (Wildman–Crippen LogP) is 2.28. The molecule has 29 heavy (non-hydrogen) atoms. The summed E-state index contributed by atoms with van der Waals surface area (Å²) < 4.78 is 34.1. The second-order valence-corrected chi connectivity index (χ2v) is 8.01. The average Bonchev–Trinajstić information content (AvgIpc) is 3.04. The second kappa shape index (κ2) is 7.97. The minimum absolute atomic E-state index is 0.0735. The van der Waals surface area contributed by atoms with E-state index < -0.39 is 25.5 Å². The Morgan fingerprint density at radius 1 is 1.21 bits per heavy atom. The zero-order chi connectivity index (χ0) is 21.2. The molecule has 0 saturated heterocycles. The first-order chi connectivity index (χ1) is 13.7. The highest BCUT2D eigenvalue weighted by molar-refractivity contribution is 7.89. The molecule has 0 fully saturated rings. The molecule has 0 saturated carbocycles. The number of aromatic nitrogens is 3. The van der Waals surface area contributed by atoms with Gasteiger partial charge < -0.3 is 4.74 Å². The van der Waals surface area contributed by atoms with Crippen LogP contribution in [0.4, 0.5) is 5.69 Å². The third-order valence-electron chi connectivity index (χ3n) is 4.15. The van der Waals surface area contributed by atoms with Crippen LogP contribution in [-0.4, -0.2) is 35.2 Å². The van der Waals surface area contributed by atoms with Crippen LogP contribution in [0.1, 0.15) is 17.0 Å². The Morgan fingerprint density at radius 2 is 1.97 bits per heavy atom. The van der Waals surface area contributed by atoms with E-state index >= 15 is 0 Å². The molecule has 0 amide bonds. The number of pyridine rings is 1. The van der Waals surface area contributed by atoms with Gasteiger partial charge in [0.05, 0.1) is 23.8 Å². The summed E-state index contributed by atoms with van der Waals surface area (Å²) in [5.41, 5.74) is 1.82. The van der Waals surface area contributed by atoms with Gasteiger partial charge in [-0.05, 0) is 43.7 Å². The number of nitro benzene ring substituents is 1. The molecule has 0 radical (unpaired) electrons. The highest BCUT2D eigenvalue weighted by Crippen LogP contribution is 2.28. The van der Waals surface area contributed by atoms with E-state index in [-0.39, 0.29) is 12.3 Å². The number of hydrogen-bond acceptors (Lipinski definition) is 7. The number of nitro groups is 1. The topological polar surface area (TPSA) is 129 Å². The van der Waals surface area contributed by atoms with Crippen molar-refractivity contribution in [3.63, 3.8) is 0 Å². The monoisotopic (exact) mass is 417 g/mol. The highest BCUT2D eigenvalue weighted by Gasteiger charge is 2.26. The van der Waals surface area contributed by atoms with E-state index in [0.29, 0.717) is 11.4 Å². The van der Waals surface area contributed by atoms with Gasteiger partial charge in [0.25, 0.3) is 5.69 Å². The Bertz CT molecular complexity index is 1160. The van der Waals surface area contributed by atoms with E-state index in [9.17, 15) is 18.5 Å². The molecule has 0 unspecified atom stereocenters. The molecular formula is C18H19N5O5S. The van der Waals surface area contributed by atoms with E-state index in [1.54, 1.807) is 16.8 Å². The van der Waals surface area contributed by atoms with Gasteiger partial charge in [-0.1, -0.05) is 6.07 Å². The first-order valence-electron chi connectivity index (χ1n) is 8.52. The van der Waals surface area contributed by atoms with Crippen LogP contribution >= 0.6 is 0 Å². The molecule has 152 valence electrons. The number of benzene rings is 1. The first-order valence-corrected chi connectivity index (χ1v) is 10.0. The first kappa shape index (κ1) is 20.4. The summed E-state index contributed by atoms with van der Waals surface area (Å²) in [5, 5.41) is 15.6. The number of methoxy groups -OCH3 is 1. The van der Waals surface area contributed by atoms with Gasteiger partial charge in [-0.3, -0.25) is 10.1 Å². The Morgan fingerprint density at radius 3 is 2.52 bits per heavy atom. The quantitative estimate of drug-likeness (QED) is 0.461. The van der Waals surface area contributed by atoms with E-state index in [1.165, 1.54) is 19.4 Å². The van der Waals surface area contributed by atoms with Crippen molar-refractivity contribution >= 4 is 15.7 Å². The van der Waals surface area contributed by atoms with E-state index in [1.807, 2.05) is 19.9 Å². The lowest BCUT2D eigenvalue weighted by Gasteiger charge is -2.09. The van der Waals surface area contributed by atoms with Crippen LogP contribution in [0.5, 0.6) is 5.75 Å². The van der Waals surface area contributed by atoms with E-state index in [0.717, 1.165) is 23.5 Å². The number of rotatable bonds is 7. The molecule has 11 heteroatoms. The molecule has 3 aromatic rings. The number of ether oxygens (including phenoxy) is 1. The summed E-state index contributed by atoms with van der Waals surface area (Å²) in [6, 6.07) is 8.92. The summed E-state index contributed by atoms with van der Waals surface area (Å²) in [5.74, 6) is 0.799. The molecule has 1 aromatic carbocycles. The van der Waals surface area contributed by atoms with Gasteiger partial charge in [0.15, 0.2) is 10.7 Å². The molecule has 0 atom stereocenters. The molecule has 2 heterocycles. The minimum Gasteiger partial charge on any atom is -0.497 e. The summed E-state index contributed by atoms with van der Waals surface area (Å²) in [6.45, 7) is 3.71. The fourth-order valence-corrected chi connectivity index (χ4v) is 3.93. The van der Waals surface area contributed by atoms with Crippen LogP contribution in [0, 0.1) is 24.0 Å². The summed E-state index contributed by atoms with van der Waals surface area (Å²) >= 11 is 0. The van der Waals surface area contributed by atoms with E-state index in [4.69, 9.17) is 4.74 Å². The predicted molar refractivity (Wildman–Crippen MR) is 105 cm³/mol. The summed E-state index contributed by atoms with van der Waals surface area (Å²) in [4.78, 5) is 14.4. The third kappa shape index (κ3) is 4.41. The largest absolute Gasteiger partial charge is 0.497 e. The molecular weight excluding hydrogens is 398 g/mol. The van der Waals surface area contributed by atoms with Gasteiger partial charge in [0, 0.05) is 18.4 Å². The molecule has 3 rings (SSSR count). The maximum Gasteiger partial charge on any atom is 0.293 e. The smallest absolute Gasteiger partial charge is 0.293 e. The average molecular weight is 417 g/mol. The zero-order valence-corrected chi connectivity index (χ0v) is 16.8. The molecule has 10 nitrogen and oxygen atoms in total. The van der Waals surface area contributed by atoms with Crippen LogP contribution < -0.4 is 9.46 Å². The Balaban J connectivity index is 1.79. The molecule has 0 aliphatic heterocycles. The van der Waals surface area contributed by atoms with Crippen molar-refractivity contribution in [2.24, 2.45) is 0 Å². The van der Waals surface area contributed by atoms with Crippen LogP contribution in [0.3, 0.4) is 0 Å². The van der Waals surface area contributed by atoms with Crippen molar-refractivity contribution in [1.82, 2.24) is 19.5 Å². The van der Waals surface area contributed by atoms with Crippen molar-refractivity contribution in [3.05, 3.63) is 69.7 Å². The lowest BCUT2D eigenvalue weighted by molar-refractivity contribution is -0.387. The summed E-state index contributed by atoms with van der Waals surface area (Å²) in [6.07, 6.45) is 1.52. The second-order valence-electron chi connectivity index (χ2n) is 6.28. The molecule has 1 N–H and O–H groups in total. The number of nitrogens with zero attached hydrogens (tertiary/aromatic N) is 4. The van der Waals surface area contributed by atoms with Gasteiger partial charge in [-0.25, -0.2) is 22.8 Å². The zero-order valence-electron chi connectivity index (χ0n) is 16.0. The minimum atomic E-state index is -4.12. The number of sulfonamides is 1. The van der Waals surface area contributed by atoms with Gasteiger partial charge in [-0.2, -0.15) is 5.10 Å². The molecule has 2 aromatic heterocycles. The molecule has 0 spiro atoms. The van der Waals surface area contributed by atoms with Crippen LogP contribution in [0.2, 0.25) is 0 Å². The fraction of sp³-hybridized carbons (Fsp3) is 0.222. The standard InChI is InChI=1S/C18H19N5O5S/c1-12-8-13(2)22(21-12)18-7-4-14(10-19-18)11-20-29(26,27)17-6-5-15(28-3)9-16(17)23(24)25/h4-10,20H,11H2,1-3H3. The number of nitrogens with one attached hydrogen (secondary N) is 1. The number of hydrogen-bond donors (Lipinski definition) is 1. The molecule has 0 aliphatic rings. The van der Waals surface area contributed by atoms with Gasteiger partial charge in [0.2, 0.25) is 10.0 Å². The molecule has 0 bridgehead atoms. The lowest BCUT2D eigenvalue weighted by Crippen LogP contribution is -2.24.